The van der Waals surface area contributed by atoms with Gasteiger partial charge in [0.15, 0.2) is 0 Å². The molecule has 0 aliphatic rings. The van der Waals surface area contributed by atoms with Crippen LogP contribution in [-0.2, 0) is 0 Å². The molecule has 0 saturated carbocycles. The van der Waals surface area contributed by atoms with Crippen LogP contribution < -0.4 is 16.0 Å². The van der Waals surface area contributed by atoms with E-state index in [1.54, 1.807) is 25.6 Å². The number of nitrogens with two attached hydrogens (primary N) is 1. The fraction of sp³-hybridized carbons (Fsp3) is 0.167. The second kappa shape index (κ2) is 5.77. The molecule has 0 amide bonds. The number of hydrazine groups is 1. The van der Waals surface area contributed by atoms with E-state index in [-0.39, 0.29) is 6.04 Å². The van der Waals surface area contributed by atoms with Gasteiger partial charge in [-0.1, -0.05) is 17.7 Å². The predicted octanol–water partition coefficient (Wildman–Crippen LogP) is 1.69. The number of ether oxygens (including phenoxy) is 1. The molecule has 0 radical (unpaired) electrons. The third-order valence-electron chi connectivity index (χ3n) is 2.59. The van der Waals surface area contributed by atoms with Crippen molar-refractivity contribution < 1.29 is 4.74 Å². The first-order valence-electron chi connectivity index (χ1n) is 5.30. The number of hydrogen-bond acceptors (Lipinski definition) is 5. The zero-order valence-electron chi connectivity index (χ0n) is 9.80. The molecule has 0 bridgehead atoms. The standard InChI is InChI=1S/C12H13ClN4O/c1-18-11-4-8(2-3-10(11)13)12(17-14)9-5-15-7-16-6-9/h2-7,12,17H,14H2,1H3. The van der Waals surface area contributed by atoms with E-state index in [1.165, 1.54) is 6.33 Å². The Balaban J connectivity index is 2.39. The van der Waals surface area contributed by atoms with E-state index in [4.69, 9.17) is 22.2 Å². The van der Waals surface area contributed by atoms with Crippen molar-refractivity contribution in [1.82, 2.24) is 15.4 Å². The highest BCUT2D eigenvalue weighted by atomic mass is 35.5. The van der Waals surface area contributed by atoms with E-state index in [1.807, 2.05) is 12.1 Å². The number of nitrogens with zero attached hydrogens (tertiary/aromatic N) is 2. The molecule has 1 unspecified atom stereocenters. The molecule has 3 N–H and O–H groups in total. The minimum absolute atomic E-state index is 0.211. The average Bonchev–Trinajstić information content (AvgIpc) is 2.42. The third-order valence-corrected chi connectivity index (χ3v) is 2.90. The largest absolute Gasteiger partial charge is 0.495 e. The van der Waals surface area contributed by atoms with Crippen LogP contribution in [0.2, 0.25) is 5.02 Å². The minimum atomic E-state index is -0.211. The predicted molar refractivity (Wildman–Crippen MR) is 69.2 cm³/mol. The summed E-state index contributed by atoms with van der Waals surface area (Å²) in [5.74, 6) is 6.19. The molecular weight excluding hydrogens is 252 g/mol. The van der Waals surface area contributed by atoms with Crippen molar-refractivity contribution in [3.05, 3.63) is 53.1 Å². The van der Waals surface area contributed by atoms with Gasteiger partial charge in [0.25, 0.3) is 0 Å². The smallest absolute Gasteiger partial charge is 0.137 e. The van der Waals surface area contributed by atoms with E-state index in [0.717, 1.165) is 11.1 Å². The zero-order chi connectivity index (χ0) is 13.0. The van der Waals surface area contributed by atoms with Gasteiger partial charge in [0.1, 0.15) is 12.1 Å². The lowest BCUT2D eigenvalue weighted by atomic mass is 10.0. The second-order valence-corrected chi connectivity index (χ2v) is 4.07. The molecule has 0 fully saturated rings. The van der Waals surface area contributed by atoms with Gasteiger partial charge in [0.2, 0.25) is 0 Å². The maximum Gasteiger partial charge on any atom is 0.137 e. The lowest BCUT2D eigenvalue weighted by Gasteiger charge is -2.17. The maximum absolute atomic E-state index is 5.99. The highest BCUT2D eigenvalue weighted by molar-refractivity contribution is 6.32. The van der Waals surface area contributed by atoms with Gasteiger partial charge in [-0.15, -0.1) is 0 Å². The van der Waals surface area contributed by atoms with Crippen LogP contribution in [0.15, 0.2) is 36.9 Å². The summed E-state index contributed by atoms with van der Waals surface area (Å²) in [6.45, 7) is 0. The van der Waals surface area contributed by atoms with Crippen molar-refractivity contribution in [3.63, 3.8) is 0 Å². The lowest BCUT2D eigenvalue weighted by Crippen LogP contribution is -2.29. The van der Waals surface area contributed by atoms with Crippen LogP contribution in [0.4, 0.5) is 0 Å². The second-order valence-electron chi connectivity index (χ2n) is 3.67. The van der Waals surface area contributed by atoms with Crippen molar-refractivity contribution in [2.45, 2.75) is 6.04 Å². The van der Waals surface area contributed by atoms with Crippen LogP contribution in [0.5, 0.6) is 5.75 Å². The molecule has 2 rings (SSSR count). The topological polar surface area (TPSA) is 73.1 Å². The molecule has 1 aromatic heterocycles. The summed E-state index contributed by atoms with van der Waals surface area (Å²) in [6.07, 6.45) is 4.89. The number of nitrogens with one attached hydrogen (secondary N) is 1. The molecule has 0 saturated heterocycles. The van der Waals surface area contributed by atoms with Gasteiger partial charge in [-0.05, 0) is 17.7 Å². The molecule has 2 aromatic rings. The van der Waals surface area contributed by atoms with Crippen molar-refractivity contribution in [2.24, 2.45) is 5.84 Å². The number of benzene rings is 1. The van der Waals surface area contributed by atoms with Gasteiger partial charge in [0.05, 0.1) is 18.2 Å². The van der Waals surface area contributed by atoms with Crippen molar-refractivity contribution >= 4 is 11.6 Å². The van der Waals surface area contributed by atoms with Crippen molar-refractivity contribution in [3.8, 4) is 5.75 Å². The quantitative estimate of drug-likeness (QED) is 0.649. The lowest BCUT2D eigenvalue weighted by molar-refractivity contribution is 0.414. The van der Waals surface area contributed by atoms with Gasteiger partial charge in [-0.3, -0.25) is 5.84 Å². The number of halogens is 1. The normalized spacial score (nSPS) is 12.2. The Labute approximate surface area is 110 Å². The monoisotopic (exact) mass is 264 g/mol. The Kier molecular flexibility index (Phi) is 4.09. The Morgan fingerprint density at radius 2 is 2.00 bits per heavy atom. The van der Waals surface area contributed by atoms with E-state index in [2.05, 4.69) is 15.4 Å². The Hall–Kier alpha value is -1.69. The maximum atomic E-state index is 5.99. The molecule has 94 valence electrons. The molecule has 1 heterocycles. The van der Waals surface area contributed by atoms with Crippen LogP contribution >= 0.6 is 11.6 Å². The Morgan fingerprint density at radius 3 is 2.61 bits per heavy atom. The van der Waals surface area contributed by atoms with E-state index in [0.29, 0.717) is 10.8 Å². The third kappa shape index (κ3) is 2.59. The fourth-order valence-electron chi connectivity index (χ4n) is 1.70. The van der Waals surface area contributed by atoms with Gasteiger partial charge in [-0.25, -0.2) is 15.4 Å². The molecule has 1 atom stereocenters. The van der Waals surface area contributed by atoms with Crippen LogP contribution in [0.3, 0.4) is 0 Å². The first-order chi connectivity index (χ1) is 8.76. The van der Waals surface area contributed by atoms with Gasteiger partial charge in [0, 0.05) is 18.0 Å². The van der Waals surface area contributed by atoms with Crippen molar-refractivity contribution in [1.29, 1.82) is 0 Å². The van der Waals surface area contributed by atoms with Crippen LogP contribution in [0.25, 0.3) is 0 Å². The van der Waals surface area contributed by atoms with Crippen LogP contribution in [-0.4, -0.2) is 17.1 Å². The number of aromatic nitrogens is 2. The molecule has 0 aliphatic carbocycles. The summed E-state index contributed by atoms with van der Waals surface area (Å²) >= 11 is 5.99. The van der Waals surface area contributed by atoms with E-state index in [9.17, 15) is 0 Å². The average molecular weight is 265 g/mol. The first kappa shape index (κ1) is 12.8. The van der Waals surface area contributed by atoms with Crippen LogP contribution in [0, 0.1) is 0 Å². The van der Waals surface area contributed by atoms with Crippen LogP contribution in [0.1, 0.15) is 17.2 Å². The SMILES string of the molecule is COc1cc(C(NN)c2cncnc2)ccc1Cl. The minimum Gasteiger partial charge on any atom is -0.495 e. The molecule has 5 nitrogen and oxygen atoms in total. The summed E-state index contributed by atoms with van der Waals surface area (Å²) in [5, 5.41) is 0.557. The highest BCUT2D eigenvalue weighted by Gasteiger charge is 2.14. The zero-order valence-corrected chi connectivity index (χ0v) is 10.6. The summed E-state index contributed by atoms with van der Waals surface area (Å²) in [4.78, 5) is 7.95. The number of hydrogen-bond donors (Lipinski definition) is 2. The molecule has 0 aliphatic heterocycles. The van der Waals surface area contributed by atoms with Crippen molar-refractivity contribution in [2.75, 3.05) is 7.11 Å². The first-order valence-corrected chi connectivity index (χ1v) is 5.68. The van der Waals surface area contributed by atoms with Gasteiger partial charge in [-0.2, -0.15) is 0 Å². The van der Waals surface area contributed by atoms with E-state index >= 15 is 0 Å². The highest BCUT2D eigenvalue weighted by Crippen LogP contribution is 2.29. The molecular formula is C12H13ClN4O. The summed E-state index contributed by atoms with van der Waals surface area (Å²) in [5.41, 5.74) is 4.52. The Bertz CT molecular complexity index is 521. The van der Waals surface area contributed by atoms with Gasteiger partial charge < -0.3 is 4.74 Å². The fourth-order valence-corrected chi connectivity index (χ4v) is 1.90. The van der Waals surface area contributed by atoms with E-state index < -0.39 is 0 Å². The molecule has 6 heteroatoms. The molecule has 1 aromatic carbocycles. The number of rotatable bonds is 4. The molecule has 0 spiro atoms. The Morgan fingerprint density at radius 1 is 1.28 bits per heavy atom. The summed E-state index contributed by atoms with van der Waals surface area (Å²) < 4.78 is 5.18. The molecule has 18 heavy (non-hydrogen) atoms. The summed E-state index contributed by atoms with van der Waals surface area (Å²) in [7, 11) is 1.57. The van der Waals surface area contributed by atoms with Gasteiger partial charge >= 0.3 is 0 Å². The summed E-state index contributed by atoms with van der Waals surface area (Å²) in [6, 6.07) is 5.27. The number of methoxy groups -OCH3 is 1.